The minimum absolute atomic E-state index is 0.0549. The lowest BCUT2D eigenvalue weighted by molar-refractivity contribution is 0.0774. The number of benzene rings is 1. The average molecular weight is 228 g/mol. The van der Waals surface area contributed by atoms with Crippen LogP contribution in [0.4, 0.5) is 0 Å². The van der Waals surface area contributed by atoms with Crippen molar-refractivity contribution in [2.24, 2.45) is 0 Å². The molecule has 2 aromatic rings. The molecule has 1 heterocycles. The highest BCUT2D eigenvalue weighted by Gasteiger charge is 2.15. The molecule has 3 heteroatoms. The van der Waals surface area contributed by atoms with Gasteiger partial charge in [-0.15, -0.1) is 0 Å². The molecule has 0 bridgehead atoms. The lowest BCUT2D eigenvalue weighted by atomic mass is 10.1. The monoisotopic (exact) mass is 228 g/mol. The molecule has 88 valence electrons. The number of fused-ring (bicyclic) bond motifs is 1. The maximum absolute atomic E-state index is 12.3. The molecule has 2 rings (SSSR count). The second-order valence-corrected chi connectivity index (χ2v) is 3.89. The predicted molar refractivity (Wildman–Crippen MR) is 69.0 cm³/mol. The molecule has 1 aromatic carbocycles. The fourth-order valence-electron chi connectivity index (χ4n) is 1.97. The van der Waals surface area contributed by atoms with E-state index in [1.54, 1.807) is 12.4 Å². The highest BCUT2D eigenvalue weighted by atomic mass is 16.2. The molecule has 0 radical (unpaired) electrons. The minimum Gasteiger partial charge on any atom is -0.339 e. The summed E-state index contributed by atoms with van der Waals surface area (Å²) < 4.78 is 0. The maximum atomic E-state index is 12.3. The van der Waals surface area contributed by atoms with E-state index in [9.17, 15) is 4.79 Å². The van der Waals surface area contributed by atoms with Crippen molar-refractivity contribution >= 4 is 16.7 Å². The van der Waals surface area contributed by atoms with Crippen LogP contribution in [0.25, 0.3) is 10.8 Å². The smallest absolute Gasteiger partial charge is 0.256 e. The first-order valence-electron chi connectivity index (χ1n) is 5.90. The summed E-state index contributed by atoms with van der Waals surface area (Å²) in [5.41, 5.74) is 0.687. The van der Waals surface area contributed by atoms with Gasteiger partial charge in [-0.1, -0.05) is 24.3 Å². The molecule has 0 spiro atoms. The molecule has 17 heavy (non-hydrogen) atoms. The van der Waals surface area contributed by atoms with Crippen LogP contribution in [-0.4, -0.2) is 28.9 Å². The number of hydrogen-bond acceptors (Lipinski definition) is 2. The van der Waals surface area contributed by atoms with Crippen molar-refractivity contribution in [2.45, 2.75) is 13.8 Å². The lowest BCUT2D eigenvalue weighted by Gasteiger charge is -2.19. The number of hydrogen-bond donors (Lipinski definition) is 0. The van der Waals surface area contributed by atoms with Gasteiger partial charge >= 0.3 is 0 Å². The molecule has 0 aliphatic carbocycles. The zero-order valence-corrected chi connectivity index (χ0v) is 10.2. The zero-order valence-electron chi connectivity index (χ0n) is 10.2. The quantitative estimate of drug-likeness (QED) is 0.809. The molecular weight excluding hydrogens is 212 g/mol. The van der Waals surface area contributed by atoms with Gasteiger partial charge in [0.05, 0.1) is 5.56 Å². The first-order valence-corrected chi connectivity index (χ1v) is 5.90. The van der Waals surface area contributed by atoms with Crippen molar-refractivity contribution in [3.05, 3.63) is 42.2 Å². The van der Waals surface area contributed by atoms with Crippen LogP contribution in [0, 0.1) is 0 Å². The van der Waals surface area contributed by atoms with Gasteiger partial charge in [0.1, 0.15) is 0 Å². The summed E-state index contributed by atoms with van der Waals surface area (Å²) in [5.74, 6) is 0.0549. The van der Waals surface area contributed by atoms with Crippen molar-refractivity contribution in [1.29, 1.82) is 0 Å². The Morgan fingerprint density at radius 1 is 1.18 bits per heavy atom. The van der Waals surface area contributed by atoms with Gasteiger partial charge in [0.15, 0.2) is 0 Å². The van der Waals surface area contributed by atoms with Gasteiger partial charge in [0, 0.05) is 30.9 Å². The van der Waals surface area contributed by atoms with Crippen LogP contribution >= 0.6 is 0 Å². The van der Waals surface area contributed by atoms with Crippen molar-refractivity contribution in [1.82, 2.24) is 9.88 Å². The molecular formula is C14H16N2O. The van der Waals surface area contributed by atoms with Crippen molar-refractivity contribution in [3.63, 3.8) is 0 Å². The predicted octanol–water partition coefficient (Wildman–Crippen LogP) is 2.72. The summed E-state index contributed by atoms with van der Waals surface area (Å²) >= 11 is 0. The molecule has 0 fully saturated rings. The summed E-state index contributed by atoms with van der Waals surface area (Å²) in [6.45, 7) is 5.41. The number of rotatable bonds is 3. The van der Waals surface area contributed by atoms with Gasteiger partial charge in [0.25, 0.3) is 5.91 Å². The summed E-state index contributed by atoms with van der Waals surface area (Å²) in [6, 6.07) is 7.84. The first-order chi connectivity index (χ1) is 8.27. The summed E-state index contributed by atoms with van der Waals surface area (Å²) in [5, 5.41) is 1.98. The minimum atomic E-state index is 0.0549. The molecule has 0 saturated carbocycles. The molecule has 1 aromatic heterocycles. The highest BCUT2D eigenvalue weighted by Crippen LogP contribution is 2.18. The lowest BCUT2D eigenvalue weighted by Crippen LogP contribution is -2.30. The Morgan fingerprint density at radius 2 is 1.88 bits per heavy atom. The van der Waals surface area contributed by atoms with E-state index >= 15 is 0 Å². The fraction of sp³-hybridized carbons (Fsp3) is 0.286. The topological polar surface area (TPSA) is 33.2 Å². The fourth-order valence-corrected chi connectivity index (χ4v) is 1.97. The van der Waals surface area contributed by atoms with Crippen LogP contribution in [-0.2, 0) is 0 Å². The van der Waals surface area contributed by atoms with Crippen LogP contribution in [0.3, 0.4) is 0 Å². The second-order valence-electron chi connectivity index (χ2n) is 3.89. The highest BCUT2D eigenvalue weighted by molar-refractivity contribution is 6.06. The Labute approximate surface area is 101 Å². The van der Waals surface area contributed by atoms with Gasteiger partial charge in [0.2, 0.25) is 0 Å². The normalized spacial score (nSPS) is 10.5. The first kappa shape index (κ1) is 11.6. The van der Waals surface area contributed by atoms with Gasteiger partial charge < -0.3 is 4.90 Å². The number of carbonyl (C=O) groups is 1. The maximum Gasteiger partial charge on any atom is 0.256 e. The van der Waals surface area contributed by atoms with Crippen LogP contribution < -0.4 is 0 Å². The number of carbonyl (C=O) groups excluding carboxylic acids is 1. The standard InChI is InChI=1S/C14H16N2O/c1-3-16(4-2)14(17)13-10-15-9-11-7-5-6-8-12(11)13/h5-10H,3-4H2,1-2H3. The van der Waals surface area contributed by atoms with Gasteiger partial charge in [-0.3, -0.25) is 9.78 Å². The third-order valence-corrected chi connectivity index (χ3v) is 2.95. The average Bonchev–Trinajstić information content (AvgIpc) is 2.39. The van der Waals surface area contributed by atoms with Crippen molar-refractivity contribution in [3.8, 4) is 0 Å². The summed E-state index contributed by atoms with van der Waals surface area (Å²) in [4.78, 5) is 18.3. The molecule has 0 saturated heterocycles. The Hall–Kier alpha value is -1.90. The Bertz CT molecular complexity index is 527. The van der Waals surface area contributed by atoms with Crippen molar-refractivity contribution in [2.75, 3.05) is 13.1 Å². The number of aromatic nitrogens is 1. The molecule has 0 aliphatic heterocycles. The van der Waals surface area contributed by atoms with Gasteiger partial charge in [-0.2, -0.15) is 0 Å². The van der Waals surface area contributed by atoms with Crippen LogP contribution in [0.1, 0.15) is 24.2 Å². The Balaban J connectivity index is 2.52. The summed E-state index contributed by atoms with van der Waals surface area (Å²) in [7, 11) is 0. The molecule has 0 N–H and O–H groups in total. The van der Waals surface area contributed by atoms with E-state index in [0.29, 0.717) is 5.56 Å². The van der Waals surface area contributed by atoms with Crippen LogP contribution in [0.5, 0.6) is 0 Å². The SMILES string of the molecule is CCN(CC)C(=O)c1cncc2ccccc12. The van der Waals surface area contributed by atoms with E-state index in [4.69, 9.17) is 0 Å². The molecule has 3 nitrogen and oxygen atoms in total. The third-order valence-electron chi connectivity index (χ3n) is 2.95. The number of amides is 1. The number of pyridine rings is 1. The Kier molecular flexibility index (Phi) is 3.38. The molecule has 0 aliphatic rings. The second kappa shape index (κ2) is 4.95. The van der Waals surface area contributed by atoms with E-state index in [1.807, 2.05) is 43.0 Å². The molecule has 1 amide bonds. The largest absolute Gasteiger partial charge is 0.339 e. The Morgan fingerprint density at radius 3 is 2.59 bits per heavy atom. The van der Waals surface area contributed by atoms with E-state index in [2.05, 4.69) is 4.98 Å². The van der Waals surface area contributed by atoms with E-state index < -0.39 is 0 Å². The molecule has 0 unspecified atom stereocenters. The van der Waals surface area contributed by atoms with Gasteiger partial charge in [-0.25, -0.2) is 0 Å². The van der Waals surface area contributed by atoms with E-state index in [0.717, 1.165) is 23.9 Å². The number of nitrogens with zero attached hydrogens (tertiary/aromatic N) is 2. The summed E-state index contributed by atoms with van der Waals surface area (Å²) in [6.07, 6.45) is 3.44. The van der Waals surface area contributed by atoms with Crippen LogP contribution in [0.2, 0.25) is 0 Å². The third kappa shape index (κ3) is 2.13. The van der Waals surface area contributed by atoms with Crippen LogP contribution in [0.15, 0.2) is 36.7 Å². The van der Waals surface area contributed by atoms with Crippen molar-refractivity contribution < 1.29 is 4.79 Å². The van der Waals surface area contributed by atoms with Gasteiger partial charge in [-0.05, 0) is 19.2 Å². The molecule has 0 atom stereocenters. The van der Waals surface area contributed by atoms with E-state index in [-0.39, 0.29) is 5.91 Å². The van der Waals surface area contributed by atoms with E-state index in [1.165, 1.54) is 0 Å². The zero-order chi connectivity index (χ0) is 12.3.